The second-order valence-corrected chi connectivity index (χ2v) is 5.92. The Morgan fingerprint density at radius 3 is 2.73 bits per heavy atom. The van der Waals surface area contributed by atoms with Crippen LogP contribution in [0.1, 0.15) is 31.5 Å². The van der Waals surface area contributed by atoms with Crippen molar-refractivity contribution in [2.24, 2.45) is 5.92 Å². The predicted molar refractivity (Wildman–Crippen MR) is 82.7 cm³/mol. The van der Waals surface area contributed by atoms with Crippen LogP contribution >= 0.6 is 0 Å². The molecule has 2 N–H and O–H groups in total. The van der Waals surface area contributed by atoms with Crippen molar-refractivity contribution in [3.05, 3.63) is 35.8 Å². The summed E-state index contributed by atoms with van der Waals surface area (Å²) in [6.07, 6.45) is 4.14. The molecule has 0 saturated heterocycles. The van der Waals surface area contributed by atoms with E-state index in [4.69, 9.17) is 5.11 Å². The van der Waals surface area contributed by atoms with Gasteiger partial charge in [-0.05, 0) is 30.9 Å². The van der Waals surface area contributed by atoms with Gasteiger partial charge in [0.25, 0.3) is 0 Å². The third kappa shape index (κ3) is 3.84. The van der Waals surface area contributed by atoms with Gasteiger partial charge in [-0.25, -0.2) is 9.78 Å². The monoisotopic (exact) mass is 303 g/mol. The molecule has 2 aromatic rings. The topological polar surface area (TPSA) is 83.7 Å². The molecule has 1 amide bonds. The standard InChI is InChI=1S/C16H21N3O3/c1-10(2)7-13(16(21)22)18-14(20)8-12-9-19-6-4-5-11(3)15(19)17-12/h4-6,9-10,13H,7-8H2,1-3H3,(H,18,20)(H,21,22). The minimum atomic E-state index is -1.01. The fraction of sp³-hybridized carbons (Fsp3) is 0.438. The summed E-state index contributed by atoms with van der Waals surface area (Å²) in [4.78, 5) is 27.6. The van der Waals surface area contributed by atoms with Gasteiger partial charge in [0.1, 0.15) is 11.7 Å². The number of hydrogen-bond donors (Lipinski definition) is 2. The molecule has 0 aliphatic carbocycles. The number of aromatic nitrogens is 2. The molecule has 1 unspecified atom stereocenters. The van der Waals surface area contributed by atoms with Crippen LogP contribution in [0.5, 0.6) is 0 Å². The summed E-state index contributed by atoms with van der Waals surface area (Å²) < 4.78 is 1.86. The summed E-state index contributed by atoms with van der Waals surface area (Å²) >= 11 is 0. The minimum absolute atomic E-state index is 0.0724. The van der Waals surface area contributed by atoms with Crippen LogP contribution in [0.15, 0.2) is 24.5 Å². The number of carboxylic acids is 1. The molecule has 0 saturated carbocycles. The van der Waals surface area contributed by atoms with E-state index in [1.54, 1.807) is 6.20 Å². The Balaban J connectivity index is 2.06. The van der Waals surface area contributed by atoms with Crippen molar-refractivity contribution in [2.75, 3.05) is 0 Å². The van der Waals surface area contributed by atoms with Crippen LogP contribution in [0.4, 0.5) is 0 Å². The first-order chi connectivity index (χ1) is 10.4. The van der Waals surface area contributed by atoms with Gasteiger partial charge in [-0.3, -0.25) is 4.79 Å². The summed E-state index contributed by atoms with van der Waals surface area (Å²) in [6.45, 7) is 5.80. The third-order valence-corrected chi connectivity index (χ3v) is 3.41. The number of carbonyl (C=O) groups excluding carboxylic acids is 1. The largest absolute Gasteiger partial charge is 0.480 e. The normalized spacial score (nSPS) is 12.5. The molecule has 2 rings (SSSR count). The smallest absolute Gasteiger partial charge is 0.326 e. The molecule has 0 aliphatic heterocycles. The zero-order chi connectivity index (χ0) is 16.3. The zero-order valence-corrected chi connectivity index (χ0v) is 13.0. The molecule has 2 heterocycles. The number of pyridine rings is 1. The number of imidazole rings is 1. The molecule has 118 valence electrons. The Hall–Kier alpha value is -2.37. The van der Waals surface area contributed by atoms with Crippen LogP contribution in [-0.4, -0.2) is 32.4 Å². The Morgan fingerprint density at radius 1 is 1.41 bits per heavy atom. The third-order valence-electron chi connectivity index (χ3n) is 3.41. The van der Waals surface area contributed by atoms with Crippen molar-refractivity contribution in [3.8, 4) is 0 Å². The van der Waals surface area contributed by atoms with Gasteiger partial charge in [0, 0.05) is 12.4 Å². The van der Waals surface area contributed by atoms with E-state index in [0.29, 0.717) is 12.1 Å². The second kappa shape index (κ2) is 6.60. The van der Waals surface area contributed by atoms with Crippen LogP contribution in [0.3, 0.4) is 0 Å². The highest BCUT2D eigenvalue weighted by Gasteiger charge is 2.21. The van der Waals surface area contributed by atoms with Gasteiger partial charge in [-0.2, -0.15) is 0 Å². The fourth-order valence-corrected chi connectivity index (χ4v) is 2.39. The average molecular weight is 303 g/mol. The highest BCUT2D eigenvalue weighted by atomic mass is 16.4. The number of aliphatic carboxylic acids is 1. The first-order valence-corrected chi connectivity index (χ1v) is 7.32. The fourth-order valence-electron chi connectivity index (χ4n) is 2.39. The minimum Gasteiger partial charge on any atom is -0.480 e. The van der Waals surface area contributed by atoms with E-state index in [1.807, 2.05) is 43.5 Å². The van der Waals surface area contributed by atoms with Crippen molar-refractivity contribution in [1.82, 2.24) is 14.7 Å². The van der Waals surface area contributed by atoms with E-state index in [-0.39, 0.29) is 18.2 Å². The van der Waals surface area contributed by atoms with Crippen LogP contribution in [0.2, 0.25) is 0 Å². The van der Waals surface area contributed by atoms with Gasteiger partial charge < -0.3 is 14.8 Å². The lowest BCUT2D eigenvalue weighted by Crippen LogP contribution is -2.42. The molecule has 6 heteroatoms. The predicted octanol–water partition coefficient (Wildman–Crippen LogP) is 1.80. The van der Waals surface area contributed by atoms with E-state index in [9.17, 15) is 9.59 Å². The van der Waals surface area contributed by atoms with Gasteiger partial charge >= 0.3 is 5.97 Å². The first-order valence-electron chi connectivity index (χ1n) is 7.32. The summed E-state index contributed by atoms with van der Waals surface area (Å²) in [7, 11) is 0. The maximum atomic E-state index is 12.0. The molecule has 0 aliphatic rings. The first kappa shape index (κ1) is 16.0. The summed E-state index contributed by atoms with van der Waals surface area (Å²) in [5, 5.41) is 11.7. The highest BCUT2D eigenvalue weighted by Crippen LogP contribution is 2.11. The lowest BCUT2D eigenvalue weighted by atomic mass is 10.0. The van der Waals surface area contributed by atoms with Gasteiger partial charge in [-0.15, -0.1) is 0 Å². The number of carboxylic acid groups (broad SMARTS) is 1. The molecule has 22 heavy (non-hydrogen) atoms. The molecule has 0 spiro atoms. The van der Waals surface area contributed by atoms with E-state index in [2.05, 4.69) is 10.3 Å². The van der Waals surface area contributed by atoms with Gasteiger partial charge in [0.2, 0.25) is 5.91 Å². The van der Waals surface area contributed by atoms with E-state index < -0.39 is 12.0 Å². The summed E-state index contributed by atoms with van der Waals surface area (Å²) in [5.41, 5.74) is 2.46. The van der Waals surface area contributed by atoms with Crippen molar-refractivity contribution in [2.45, 2.75) is 39.7 Å². The molecular weight excluding hydrogens is 282 g/mol. The number of rotatable bonds is 6. The number of aryl methyl sites for hydroxylation is 1. The van der Waals surface area contributed by atoms with Crippen molar-refractivity contribution < 1.29 is 14.7 Å². The lowest BCUT2D eigenvalue weighted by molar-refractivity contribution is -0.142. The van der Waals surface area contributed by atoms with Crippen LogP contribution < -0.4 is 5.32 Å². The highest BCUT2D eigenvalue weighted by molar-refractivity contribution is 5.84. The molecule has 0 fully saturated rings. The van der Waals surface area contributed by atoms with Crippen molar-refractivity contribution >= 4 is 17.5 Å². The number of fused-ring (bicyclic) bond motifs is 1. The number of carbonyl (C=O) groups is 2. The molecule has 1 atom stereocenters. The Morgan fingerprint density at radius 2 is 2.14 bits per heavy atom. The van der Waals surface area contributed by atoms with Crippen LogP contribution in [0, 0.1) is 12.8 Å². The van der Waals surface area contributed by atoms with Gasteiger partial charge in [0.15, 0.2) is 0 Å². The maximum absolute atomic E-state index is 12.0. The van der Waals surface area contributed by atoms with Crippen LogP contribution in [0.25, 0.3) is 5.65 Å². The van der Waals surface area contributed by atoms with Gasteiger partial charge in [-0.1, -0.05) is 19.9 Å². The van der Waals surface area contributed by atoms with E-state index in [1.165, 1.54) is 0 Å². The van der Waals surface area contributed by atoms with Crippen molar-refractivity contribution in [1.29, 1.82) is 0 Å². The molecule has 0 radical (unpaired) electrons. The molecular formula is C16H21N3O3. The number of nitrogens with zero attached hydrogens (tertiary/aromatic N) is 2. The Labute approximate surface area is 129 Å². The SMILES string of the molecule is Cc1cccn2cc(CC(=O)NC(CC(C)C)C(=O)O)nc12. The van der Waals surface area contributed by atoms with Gasteiger partial charge in [0.05, 0.1) is 12.1 Å². The van der Waals surface area contributed by atoms with E-state index >= 15 is 0 Å². The molecule has 2 aromatic heterocycles. The maximum Gasteiger partial charge on any atom is 0.326 e. The van der Waals surface area contributed by atoms with Crippen LogP contribution in [-0.2, 0) is 16.0 Å². The average Bonchev–Trinajstić information content (AvgIpc) is 2.81. The molecule has 0 aromatic carbocycles. The van der Waals surface area contributed by atoms with E-state index in [0.717, 1.165) is 11.2 Å². The van der Waals surface area contributed by atoms with Crippen molar-refractivity contribution in [3.63, 3.8) is 0 Å². The number of hydrogen-bond acceptors (Lipinski definition) is 3. The Kier molecular flexibility index (Phi) is 4.80. The molecule has 6 nitrogen and oxygen atoms in total. The Bertz CT molecular complexity index is 691. The number of amides is 1. The number of nitrogens with one attached hydrogen (secondary N) is 1. The zero-order valence-electron chi connectivity index (χ0n) is 13.0. The second-order valence-electron chi connectivity index (χ2n) is 5.92. The summed E-state index contributed by atoms with van der Waals surface area (Å²) in [5.74, 6) is -1.14. The molecule has 0 bridgehead atoms. The summed E-state index contributed by atoms with van der Waals surface area (Å²) in [6, 6.07) is 3.01. The lowest BCUT2D eigenvalue weighted by Gasteiger charge is -2.16. The quantitative estimate of drug-likeness (QED) is 0.852.